The Labute approximate surface area is 214 Å². The van der Waals surface area contributed by atoms with Crippen LogP contribution in [0, 0.1) is 11.6 Å². The molecule has 2 aromatic carbocycles. The van der Waals surface area contributed by atoms with Crippen LogP contribution in [0.15, 0.2) is 30.5 Å². The molecule has 1 saturated carbocycles. The fraction of sp³-hybridized carbons (Fsp3) is 0.261. The predicted molar refractivity (Wildman–Crippen MR) is 131 cm³/mol. The number of urea groups is 1. The number of methoxy groups -OCH3 is 1. The third kappa shape index (κ3) is 5.82. The first-order valence-electron chi connectivity index (χ1n) is 11.0. The minimum atomic E-state index is -2.77. The highest BCUT2D eigenvalue weighted by atomic mass is 35.5. The van der Waals surface area contributed by atoms with E-state index in [0.717, 1.165) is 18.9 Å². The van der Waals surface area contributed by atoms with Crippen LogP contribution < -0.4 is 25.4 Å². The Balaban J connectivity index is 1.66. The first-order valence-corrected chi connectivity index (χ1v) is 11.4. The Morgan fingerprint density at radius 1 is 1.22 bits per heavy atom. The van der Waals surface area contributed by atoms with Crippen molar-refractivity contribution in [2.75, 3.05) is 19.0 Å². The smallest absolute Gasteiger partial charge is 0.319 e. The van der Waals surface area contributed by atoms with Crippen LogP contribution in [-0.4, -0.2) is 50.3 Å². The normalized spacial score (nSPS) is 13.8. The number of hydrogen-bond donors (Lipinski definition) is 3. The largest absolute Gasteiger partial charge is 0.496 e. The molecule has 1 aliphatic carbocycles. The molecule has 1 heterocycles. The van der Waals surface area contributed by atoms with Crippen molar-refractivity contribution < 1.29 is 36.6 Å². The van der Waals surface area contributed by atoms with E-state index < -0.39 is 47.3 Å². The molecule has 14 heteroatoms. The third-order valence-electron chi connectivity index (χ3n) is 5.68. The van der Waals surface area contributed by atoms with Gasteiger partial charge in [-0.1, -0.05) is 11.6 Å². The van der Waals surface area contributed by atoms with Crippen molar-refractivity contribution in [1.82, 2.24) is 15.6 Å². The Hall–Kier alpha value is -3.74. The molecule has 0 spiro atoms. The maximum absolute atomic E-state index is 15.1. The van der Waals surface area contributed by atoms with Gasteiger partial charge in [0.2, 0.25) is 0 Å². The molecule has 1 aromatic heterocycles. The van der Waals surface area contributed by atoms with Gasteiger partial charge in [0.15, 0.2) is 17.4 Å². The van der Waals surface area contributed by atoms with E-state index in [4.69, 9.17) is 21.1 Å². The van der Waals surface area contributed by atoms with Crippen LogP contribution >= 0.6 is 11.6 Å². The number of anilines is 1. The molecule has 194 valence electrons. The number of benzene rings is 2. The summed E-state index contributed by atoms with van der Waals surface area (Å²) in [4.78, 5) is 28.7. The van der Waals surface area contributed by atoms with Gasteiger partial charge >= 0.3 is 6.03 Å². The molecular formula is C23H20BClF4N4O4. The quantitative estimate of drug-likeness (QED) is 0.227. The van der Waals surface area contributed by atoms with Crippen molar-refractivity contribution in [2.24, 2.45) is 0 Å². The Bertz CT molecular complexity index is 1390. The molecule has 1 aliphatic rings. The lowest BCUT2D eigenvalue weighted by molar-refractivity contribution is 0.0889. The fourth-order valence-corrected chi connectivity index (χ4v) is 3.65. The van der Waals surface area contributed by atoms with Crippen LogP contribution in [0.25, 0.3) is 10.9 Å². The number of carbonyl (C=O) groups excluding carboxylic acids is 2. The van der Waals surface area contributed by atoms with E-state index in [1.807, 2.05) is 7.85 Å². The van der Waals surface area contributed by atoms with Crippen molar-refractivity contribution in [3.63, 3.8) is 0 Å². The van der Waals surface area contributed by atoms with Crippen molar-refractivity contribution in [3.05, 3.63) is 52.7 Å². The molecule has 4 rings (SSSR count). The van der Waals surface area contributed by atoms with Gasteiger partial charge in [0.1, 0.15) is 24.4 Å². The summed E-state index contributed by atoms with van der Waals surface area (Å²) in [5, 5.41) is 6.62. The highest BCUT2D eigenvalue weighted by Crippen LogP contribution is 2.39. The Morgan fingerprint density at radius 3 is 2.59 bits per heavy atom. The molecule has 3 aromatic rings. The SMILES string of the molecule is BC1(NC(=O)Nc2cc(F)c(Oc3ccnc4cc(OC)c(C(=O)NCC(F)F)cc34)c(F)c2Cl)CC1. The molecule has 1 fully saturated rings. The number of aromatic nitrogens is 1. The summed E-state index contributed by atoms with van der Waals surface area (Å²) in [5.74, 6) is -4.23. The summed E-state index contributed by atoms with van der Waals surface area (Å²) in [5.41, 5.74) is -0.553. The number of amides is 3. The lowest BCUT2D eigenvalue weighted by atomic mass is 9.94. The van der Waals surface area contributed by atoms with E-state index >= 15 is 4.39 Å². The number of rotatable bonds is 8. The summed E-state index contributed by atoms with van der Waals surface area (Å²) in [6.45, 7) is -0.886. The van der Waals surface area contributed by atoms with E-state index in [9.17, 15) is 22.8 Å². The van der Waals surface area contributed by atoms with Crippen molar-refractivity contribution in [2.45, 2.75) is 24.7 Å². The number of nitrogens with one attached hydrogen (secondary N) is 3. The van der Waals surface area contributed by atoms with Gasteiger partial charge in [0.25, 0.3) is 12.3 Å². The molecular weight excluding hydrogens is 519 g/mol. The highest BCUT2D eigenvalue weighted by molar-refractivity contribution is 6.34. The lowest BCUT2D eigenvalue weighted by Crippen LogP contribution is -2.40. The zero-order valence-electron chi connectivity index (χ0n) is 19.6. The highest BCUT2D eigenvalue weighted by Gasteiger charge is 2.38. The summed E-state index contributed by atoms with van der Waals surface area (Å²) < 4.78 is 65.7. The van der Waals surface area contributed by atoms with E-state index in [0.29, 0.717) is 0 Å². The minimum absolute atomic E-state index is 0.0399. The molecule has 37 heavy (non-hydrogen) atoms. The van der Waals surface area contributed by atoms with Gasteiger partial charge < -0.3 is 25.4 Å². The van der Waals surface area contributed by atoms with Gasteiger partial charge in [0.05, 0.1) is 30.4 Å². The Kier molecular flexibility index (Phi) is 7.35. The summed E-state index contributed by atoms with van der Waals surface area (Å²) in [6.07, 6.45) is 0.0896. The summed E-state index contributed by atoms with van der Waals surface area (Å²) in [7, 11) is 3.10. The second kappa shape index (κ2) is 10.3. The van der Waals surface area contributed by atoms with Crippen LogP contribution in [0.4, 0.5) is 28.0 Å². The maximum atomic E-state index is 15.1. The van der Waals surface area contributed by atoms with Crippen LogP contribution in [-0.2, 0) is 0 Å². The van der Waals surface area contributed by atoms with Gasteiger partial charge in [-0.25, -0.2) is 22.4 Å². The van der Waals surface area contributed by atoms with Gasteiger partial charge in [-0.15, -0.1) is 0 Å². The van der Waals surface area contributed by atoms with E-state index in [-0.39, 0.29) is 39.1 Å². The third-order valence-corrected chi connectivity index (χ3v) is 6.05. The molecule has 0 atom stereocenters. The molecule has 8 nitrogen and oxygen atoms in total. The van der Waals surface area contributed by atoms with E-state index in [1.165, 1.54) is 31.5 Å². The number of carbonyl (C=O) groups is 2. The average Bonchev–Trinajstić information content (AvgIpc) is 3.58. The topological polar surface area (TPSA) is 102 Å². The number of alkyl halides is 2. The van der Waals surface area contributed by atoms with Gasteiger partial charge in [0, 0.05) is 29.2 Å². The Morgan fingerprint density at radius 2 is 1.95 bits per heavy atom. The van der Waals surface area contributed by atoms with Crippen LogP contribution in [0.1, 0.15) is 23.2 Å². The first-order chi connectivity index (χ1) is 17.5. The molecule has 0 unspecified atom stereocenters. The zero-order chi connectivity index (χ0) is 26.9. The fourth-order valence-electron chi connectivity index (χ4n) is 3.46. The van der Waals surface area contributed by atoms with Crippen molar-refractivity contribution in [3.8, 4) is 17.2 Å². The molecule has 0 bridgehead atoms. The number of fused-ring (bicyclic) bond motifs is 1. The van der Waals surface area contributed by atoms with Gasteiger partial charge in [-0.2, -0.15) is 0 Å². The number of hydrogen-bond acceptors (Lipinski definition) is 5. The molecule has 3 amide bonds. The van der Waals surface area contributed by atoms with Gasteiger partial charge in [-0.05, 0) is 25.0 Å². The molecule has 0 radical (unpaired) electrons. The number of pyridine rings is 1. The average molecular weight is 539 g/mol. The molecule has 0 saturated heterocycles. The number of ether oxygens (including phenoxy) is 2. The molecule has 3 N–H and O–H groups in total. The number of nitrogens with zero attached hydrogens (tertiary/aromatic N) is 1. The maximum Gasteiger partial charge on any atom is 0.319 e. The number of halogens is 5. The van der Waals surface area contributed by atoms with E-state index in [2.05, 4.69) is 20.9 Å². The minimum Gasteiger partial charge on any atom is -0.496 e. The van der Waals surface area contributed by atoms with Crippen molar-refractivity contribution >= 4 is 48.0 Å². The summed E-state index contributed by atoms with van der Waals surface area (Å²) >= 11 is 6.05. The monoisotopic (exact) mass is 538 g/mol. The standard InChI is InChI=1S/C23H20BClF4N4O4/c1-36-16-8-13-10(6-11(16)21(34)31-9-17(27)28)15(2-5-30-13)37-20-12(26)7-14(18(25)19(20)29)32-22(35)33-23(24)3-4-23/h2,5-8,17H,3-4,9,24H2,1H3,(H,31,34)(H2,32,33,35). The van der Waals surface area contributed by atoms with Crippen LogP contribution in [0.2, 0.25) is 5.02 Å². The second-order valence-corrected chi connectivity index (χ2v) is 8.96. The predicted octanol–water partition coefficient (Wildman–Crippen LogP) is 4.21. The lowest BCUT2D eigenvalue weighted by Gasteiger charge is -2.16. The van der Waals surface area contributed by atoms with Crippen LogP contribution in [0.5, 0.6) is 17.2 Å². The first kappa shape index (κ1) is 26.3. The van der Waals surface area contributed by atoms with Gasteiger partial charge in [-0.3, -0.25) is 9.78 Å². The van der Waals surface area contributed by atoms with Crippen molar-refractivity contribution in [1.29, 1.82) is 0 Å². The second-order valence-electron chi connectivity index (χ2n) is 8.58. The van der Waals surface area contributed by atoms with E-state index in [1.54, 1.807) is 0 Å². The zero-order valence-corrected chi connectivity index (χ0v) is 20.3. The molecule has 0 aliphatic heterocycles. The van der Waals surface area contributed by atoms with Crippen LogP contribution in [0.3, 0.4) is 0 Å². The summed E-state index contributed by atoms with van der Waals surface area (Å²) in [6, 6.07) is 4.03.